The van der Waals surface area contributed by atoms with Crippen LogP contribution in [0, 0.1) is 19.8 Å². The lowest BCUT2D eigenvalue weighted by Crippen LogP contribution is -2.33. The maximum atomic E-state index is 11.9. The van der Waals surface area contributed by atoms with Gasteiger partial charge in [0.1, 0.15) is 0 Å². The Kier molecular flexibility index (Phi) is 4.25. The Bertz CT molecular complexity index is 470. The monoisotopic (exact) mass is 260 g/mol. The van der Waals surface area contributed by atoms with E-state index in [9.17, 15) is 4.79 Å². The summed E-state index contributed by atoms with van der Waals surface area (Å²) in [6, 6.07) is 6.25. The molecule has 0 aliphatic carbocycles. The van der Waals surface area contributed by atoms with Crippen LogP contribution in [0.3, 0.4) is 0 Å². The second-order valence-electron chi connectivity index (χ2n) is 5.74. The predicted octanol–water partition coefficient (Wildman–Crippen LogP) is 2.56. The van der Waals surface area contributed by atoms with Crippen molar-refractivity contribution in [3.05, 3.63) is 34.9 Å². The number of amides is 1. The molecular weight excluding hydrogens is 236 g/mol. The smallest absolute Gasteiger partial charge is 0.222 e. The first-order valence-electron chi connectivity index (χ1n) is 7.11. The first kappa shape index (κ1) is 14.1. The number of rotatable bonds is 4. The summed E-state index contributed by atoms with van der Waals surface area (Å²) in [5.41, 5.74) is 9.88. The molecule has 1 fully saturated rings. The number of likely N-dealkylation sites (tertiary alicyclic amines) is 1. The molecule has 104 valence electrons. The van der Waals surface area contributed by atoms with Gasteiger partial charge >= 0.3 is 0 Å². The molecule has 1 aromatic carbocycles. The van der Waals surface area contributed by atoms with Crippen molar-refractivity contribution in [2.45, 2.75) is 39.7 Å². The van der Waals surface area contributed by atoms with Crippen LogP contribution < -0.4 is 5.73 Å². The van der Waals surface area contributed by atoms with E-state index >= 15 is 0 Å². The Morgan fingerprint density at radius 2 is 2.16 bits per heavy atom. The predicted molar refractivity (Wildman–Crippen MR) is 77.8 cm³/mol. The molecule has 0 spiro atoms. The molecule has 0 radical (unpaired) electrons. The van der Waals surface area contributed by atoms with Crippen molar-refractivity contribution in [3.63, 3.8) is 0 Å². The zero-order chi connectivity index (χ0) is 14.0. The molecule has 2 unspecified atom stereocenters. The van der Waals surface area contributed by atoms with E-state index in [0.717, 1.165) is 18.5 Å². The summed E-state index contributed by atoms with van der Waals surface area (Å²) in [6.07, 6.45) is 1.76. The number of benzene rings is 1. The van der Waals surface area contributed by atoms with Gasteiger partial charge in [-0.3, -0.25) is 4.79 Å². The van der Waals surface area contributed by atoms with Crippen LogP contribution in [0.1, 0.15) is 42.5 Å². The van der Waals surface area contributed by atoms with E-state index in [1.807, 2.05) is 4.90 Å². The summed E-state index contributed by atoms with van der Waals surface area (Å²) >= 11 is 0. The van der Waals surface area contributed by atoms with Gasteiger partial charge in [0.05, 0.1) is 0 Å². The Morgan fingerprint density at radius 1 is 1.42 bits per heavy atom. The molecule has 1 saturated heterocycles. The number of nitrogens with two attached hydrogens (primary N) is 1. The highest BCUT2D eigenvalue weighted by atomic mass is 16.2. The maximum Gasteiger partial charge on any atom is 0.222 e. The molecule has 1 aromatic rings. The summed E-state index contributed by atoms with van der Waals surface area (Å²) in [5, 5.41) is 0. The molecule has 3 nitrogen and oxygen atoms in total. The van der Waals surface area contributed by atoms with Gasteiger partial charge in [0.2, 0.25) is 5.91 Å². The number of hydrogen-bond donors (Lipinski definition) is 1. The topological polar surface area (TPSA) is 46.3 Å². The molecule has 19 heavy (non-hydrogen) atoms. The highest BCUT2D eigenvalue weighted by molar-refractivity contribution is 5.78. The number of aryl methyl sites for hydroxylation is 2. The van der Waals surface area contributed by atoms with Crippen molar-refractivity contribution in [2.24, 2.45) is 11.7 Å². The van der Waals surface area contributed by atoms with Crippen LogP contribution in [0.15, 0.2) is 18.2 Å². The Labute approximate surface area is 115 Å². The molecule has 2 N–H and O–H groups in total. The molecule has 0 bridgehead atoms. The van der Waals surface area contributed by atoms with Crippen molar-refractivity contribution in [2.75, 3.05) is 13.1 Å². The van der Waals surface area contributed by atoms with E-state index in [2.05, 4.69) is 39.0 Å². The molecule has 1 amide bonds. The number of carbonyl (C=O) groups excluding carboxylic acids is 1. The minimum Gasteiger partial charge on any atom is -0.340 e. The van der Waals surface area contributed by atoms with E-state index in [1.165, 1.54) is 11.1 Å². The Hall–Kier alpha value is -1.35. The van der Waals surface area contributed by atoms with E-state index < -0.39 is 0 Å². The quantitative estimate of drug-likeness (QED) is 0.904. The third-order valence-electron chi connectivity index (χ3n) is 4.12. The van der Waals surface area contributed by atoms with Gasteiger partial charge in [0.25, 0.3) is 0 Å². The van der Waals surface area contributed by atoms with Gasteiger partial charge in [-0.2, -0.15) is 0 Å². The Morgan fingerprint density at radius 3 is 2.79 bits per heavy atom. The molecule has 0 aromatic heterocycles. The zero-order valence-corrected chi connectivity index (χ0v) is 12.1. The lowest BCUT2D eigenvalue weighted by molar-refractivity contribution is -0.127. The number of hydrogen-bond acceptors (Lipinski definition) is 2. The summed E-state index contributed by atoms with van der Waals surface area (Å²) in [5.74, 6) is 0.769. The molecule has 1 aliphatic rings. The number of nitrogens with zero attached hydrogens (tertiary/aromatic N) is 1. The van der Waals surface area contributed by atoms with Crippen LogP contribution in [0.25, 0.3) is 0 Å². The van der Waals surface area contributed by atoms with E-state index in [4.69, 9.17) is 5.73 Å². The van der Waals surface area contributed by atoms with Gasteiger partial charge in [-0.1, -0.05) is 37.1 Å². The van der Waals surface area contributed by atoms with E-state index in [0.29, 0.717) is 18.9 Å². The zero-order valence-electron chi connectivity index (χ0n) is 12.1. The SMILES string of the molecule is CCC1CC(=O)N(CC(N)c2cc(C)ccc2C)C1. The van der Waals surface area contributed by atoms with Crippen molar-refractivity contribution >= 4 is 5.91 Å². The van der Waals surface area contributed by atoms with Gasteiger partial charge in [-0.25, -0.2) is 0 Å². The first-order chi connectivity index (χ1) is 9.01. The molecule has 1 heterocycles. The van der Waals surface area contributed by atoms with Gasteiger partial charge < -0.3 is 10.6 Å². The lowest BCUT2D eigenvalue weighted by Gasteiger charge is -2.23. The standard InChI is InChI=1S/C16H24N2O/c1-4-13-8-16(19)18(9-13)10-15(17)14-7-11(2)5-6-12(14)3/h5-7,13,15H,4,8-10,17H2,1-3H3. The van der Waals surface area contributed by atoms with Gasteiger partial charge in [-0.15, -0.1) is 0 Å². The van der Waals surface area contributed by atoms with Crippen molar-refractivity contribution in [1.82, 2.24) is 4.90 Å². The van der Waals surface area contributed by atoms with E-state index in [-0.39, 0.29) is 11.9 Å². The fraction of sp³-hybridized carbons (Fsp3) is 0.562. The fourth-order valence-electron chi connectivity index (χ4n) is 2.80. The second-order valence-corrected chi connectivity index (χ2v) is 5.74. The Balaban J connectivity index is 2.07. The molecule has 0 saturated carbocycles. The van der Waals surface area contributed by atoms with Gasteiger partial charge in [0.15, 0.2) is 0 Å². The highest BCUT2D eigenvalue weighted by Gasteiger charge is 2.29. The normalized spacial score (nSPS) is 20.9. The molecule has 1 aliphatic heterocycles. The van der Waals surface area contributed by atoms with E-state index in [1.54, 1.807) is 0 Å². The van der Waals surface area contributed by atoms with Gasteiger partial charge in [0, 0.05) is 25.6 Å². The number of carbonyl (C=O) groups is 1. The maximum absolute atomic E-state index is 11.9. The largest absolute Gasteiger partial charge is 0.340 e. The molecule has 2 atom stereocenters. The van der Waals surface area contributed by atoms with Crippen LogP contribution in [0.2, 0.25) is 0 Å². The fourth-order valence-corrected chi connectivity index (χ4v) is 2.80. The summed E-state index contributed by atoms with van der Waals surface area (Å²) in [7, 11) is 0. The molecular formula is C16H24N2O. The van der Waals surface area contributed by atoms with Crippen molar-refractivity contribution in [1.29, 1.82) is 0 Å². The van der Waals surface area contributed by atoms with Crippen molar-refractivity contribution in [3.8, 4) is 0 Å². The van der Waals surface area contributed by atoms with Crippen LogP contribution in [-0.4, -0.2) is 23.9 Å². The first-order valence-corrected chi connectivity index (χ1v) is 7.11. The van der Waals surface area contributed by atoms with Crippen molar-refractivity contribution < 1.29 is 4.79 Å². The van der Waals surface area contributed by atoms with Gasteiger partial charge in [-0.05, 0) is 30.9 Å². The summed E-state index contributed by atoms with van der Waals surface area (Å²) in [4.78, 5) is 13.9. The van der Waals surface area contributed by atoms with Crippen LogP contribution >= 0.6 is 0 Å². The third-order valence-corrected chi connectivity index (χ3v) is 4.12. The summed E-state index contributed by atoms with van der Waals surface area (Å²) in [6.45, 7) is 7.80. The van der Waals surface area contributed by atoms with Crippen LogP contribution in [0.4, 0.5) is 0 Å². The minimum atomic E-state index is -0.0838. The lowest BCUT2D eigenvalue weighted by atomic mass is 9.99. The molecule has 2 rings (SSSR count). The third kappa shape index (κ3) is 3.16. The molecule has 3 heteroatoms. The van der Waals surface area contributed by atoms with Crippen LogP contribution in [0.5, 0.6) is 0 Å². The average Bonchev–Trinajstić information content (AvgIpc) is 2.73. The summed E-state index contributed by atoms with van der Waals surface area (Å²) < 4.78 is 0. The van der Waals surface area contributed by atoms with Crippen LogP contribution in [-0.2, 0) is 4.79 Å². The second kappa shape index (κ2) is 5.74. The highest BCUT2D eigenvalue weighted by Crippen LogP contribution is 2.24. The average molecular weight is 260 g/mol. The minimum absolute atomic E-state index is 0.0838.